The van der Waals surface area contributed by atoms with E-state index in [4.69, 9.17) is 0 Å². The number of rotatable bonds is 1. The van der Waals surface area contributed by atoms with E-state index in [-0.39, 0.29) is 6.71 Å². The number of aromatic nitrogens is 2. The van der Waals surface area contributed by atoms with E-state index in [1.165, 1.54) is 70.3 Å². The van der Waals surface area contributed by atoms with Gasteiger partial charge in [-0.2, -0.15) is 0 Å². The van der Waals surface area contributed by atoms with Crippen LogP contribution in [0.25, 0.3) is 37.6 Å². The van der Waals surface area contributed by atoms with Gasteiger partial charge < -0.3 is 9.47 Å². The van der Waals surface area contributed by atoms with Crippen LogP contribution in [0.5, 0.6) is 0 Å². The van der Waals surface area contributed by atoms with Crippen LogP contribution >= 0.6 is 11.3 Å². The van der Waals surface area contributed by atoms with Crippen molar-refractivity contribution in [1.29, 1.82) is 0 Å². The van der Waals surface area contributed by atoms with Crippen molar-refractivity contribution in [2.45, 2.75) is 0 Å². The van der Waals surface area contributed by atoms with Crippen LogP contribution in [0.4, 0.5) is 17.1 Å². The first-order valence-electron chi connectivity index (χ1n) is 12.3. The van der Waals surface area contributed by atoms with Crippen LogP contribution in [0.15, 0.2) is 109 Å². The van der Waals surface area contributed by atoms with Gasteiger partial charge in [0.25, 0.3) is 6.71 Å². The monoisotopic (exact) mass is 475 g/mol. The van der Waals surface area contributed by atoms with Crippen molar-refractivity contribution in [3.8, 4) is 5.69 Å². The maximum absolute atomic E-state index is 4.48. The van der Waals surface area contributed by atoms with E-state index in [9.17, 15) is 0 Å². The van der Waals surface area contributed by atoms with Gasteiger partial charge >= 0.3 is 0 Å². The summed E-state index contributed by atoms with van der Waals surface area (Å²) in [4.78, 5) is 6.97. The number of benzene rings is 4. The van der Waals surface area contributed by atoms with Gasteiger partial charge in [-0.1, -0.05) is 60.7 Å². The average molecular weight is 475 g/mol. The van der Waals surface area contributed by atoms with Crippen LogP contribution < -0.4 is 20.6 Å². The molecule has 36 heavy (non-hydrogen) atoms. The summed E-state index contributed by atoms with van der Waals surface area (Å²) < 4.78 is 5.22. The lowest BCUT2D eigenvalue weighted by atomic mass is 9.36. The third-order valence-electron chi connectivity index (χ3n) is 7.86. The molecule has 3 aromatic heterocycles. The van der Waals surface area contributed by atoms with Gasteiger partial charge in [0.05, 0.1) is 11.2 Å². The molecule has 4 aromatic carbocycles. The quantitative estimate of drug-likeness (QED) is 0.271. The summed E-state index contributed by atoms with van der Waals surface area (Å²) in [7, 11) is 0. The number of hydrogen-bond acceptors (Lipinski definition) is 3. The lowest BCUT2D eigenvalue weighted by Gasteiger charge is -2.38. The Labute approximate surface area is 211 Å². The van der Waals surface area contributed by atoms with Crippen molar-refractivity contribution in [2.75, 3.05) is 4.90 Å². The summed E-state index contributed by atoms with van der Waals surface area (Å²) in [6, 6.07) is 35.4. The first kappa shape index (κ1) is 18.9. The first-order valence-corrected chi connectivity index (χ1v) is 13.1. The van der Waals surface area contributed by atoms with Gasteiger partial charge in [-0.15, -0.1) is 11.3 Å². The van der Waals surface area contributed by atoms with Crippen LogP contribution in [-0.4, -0.2) is 16.3 Å². The van der Waals surface area contributed by atoms with Gasteiger partial charge in [0.15, 0.2) is 0 Å². The highest BCUT2D eigenvalue weighted by Gasteiger charge is 2.43. The maximum atomic E-state index is 4.48. The molecule has 0 unspecified atom stereocenters. The van der Waals surface area contributed by atoms with Crippen molar-refractivity contribution >= 4 is 82.7 Å². The molecule has 0 saturated heterocycles. The van der Waals surface area contributed by atoms with Crippen LogP contribution in [0.2, 0.25) is 0 Å². The lowest BCUT2D eigenvalue weighted by molar-refractivity contribution is 1.17. The molecular formula is C31H18BN3S. The summed E-state index contributed by atoms with van der Waals surface area (Å²) in [6.07, 6.45) is 3.93. The van der Waals surface area contributed by atoms with Crippen LogP contribution in [-0.2, 0) is 0 Å². The van der Waals surface area contributed by atoms with Gasteiger partial charge in [-0.05, 0) is 47.3 Å². The van der Waals surface area contributed by atoms with Crippen molar-refractivity contribution in [1.82, 2.24) is 9.55 Å². The molecule has 0 atom stereocenters. The molecule has 0 amide bonds. The number of hydrogen-bond donors (Lipinski definition) is 0. The Morgan fingerprint density at radius 2 is 1.50 bits per heavy atom. The topological polar surface area (TPSA) is 21.1 Å². The fourth-order valence-electron chi connectivity index (χ4n) is 6.52. The molecule has 2 aliphatic heterocycles. The summed E-state index contributed by atoms with van der Waals surface area (Å²) >= 11 is 1.94. The highest BCUT2D eigenvalue weighted by atomic mass is 32.1. The van der Waals surface area contributed by atoms with Crippen molar-refractivity contribution in [3.05, 3.63) is 109 Å². The second-order valence-corrected chi connectivity index (χ2v) is 10.7. The van der Waals surface area contributed by atoms with Gasteiger partial charge in [0.2, 0.25) is 0 Å². The molecule has 9 rings (SSSR count). The van der Waals surface area contributed by atoms with E-state index in [0.29, 0.717) is 0 Å². The molecule has 0 radical (unpaired) electrons. The van der Waals surface area contributed by atoms with E-state index in [1.54, 1.807) is 0 Å². The molecule has 0 fully saturated rings. The fourth-order valence-corrected chi connectivity index (χ4v) is 7.84. The minimum atomic E-state index is 0.192. The average Bonchev–Trinajstić information content (AvgIpc) is 3.49. The molecule has 5 heteroatoms. The molecule has 3 nitrogen and oxygen atoms in total. The largest absolute Gasteiger partial charge is 0.310 e. The zero-order valence-electron chi connectivity index (χ0n) is 19.2. The highest BCUT2D eigenvalue weighted by Crippen LogP contribution is 2.45. The summed E-state index contributed by atoms with van der Waals surface area (Å²) in [6.45, 7) is 0.192. The lowest BCUT2D eigenvalue weighted by Crippen LogP contribution is -2.59. The second kappa shape index (κ2) is 6.65. The van der Waals surface area contributed by atoms with Crippen molar-refractivity contribution in [2.24, 2.45) is 0 Å². The fraction of sp³-hybridized carbons (Fsp3) is 0. The first-order chi connectivity index (χ1) is 17.9. The molecule has 166 valence electrons. The summed E-state index contributed by atoms with van der Waals surface area (Å²) in [5.74, 6) is 0. The Hall–Kier alpha value is -4.35. The van der Waals surface area contributed by atoms with E-state index in [1.807, 2.05) is 23.7 Å². The van der Waals surface area contributed by atoms with Gasteiger partial charge in [0.1, 0.15) is 0 Å². The van der Waals surface area contributed by atoms with Crippen LogP contribution in [0.3, 0.4) is 0 Å². The Morgan fingerprint density at radius 1 is 0.694 bits per heavy atom. The number of pyridine rings is 1. The normalized spacial score (nSPS) is 13.4. The molecule has 0 bridgehead atoms. The van der Waals surface area contributed by atoms with E-state index < -0.39 is 0 Å². The predicted octanol–water partition coefficient (Wildman–Crippen LogP) is 6.01. The molecule has 0 saturated carbocycles. The standard InChI is InChI=1S/C31H18BN3S/c1-2-8-19(9-3-1)34-25-13-7-14-26-28(25)32(31-30(34)21-10-4-5-15-27(21)36-31)23-12-6-11-20-22-18-33-17-16-24(22)35(26)29(20)23/h1-18H. The molecule has 0 aliphatic carbocycles. The smallest absolute Gasteiger partial charge is 0.264 e. The van der Waals surface area contributed by atoms with Crippen LogP contribution in [0.1, 0.15) is 0 Å². The van der Waals surface area contributed by atoms with Gasteiger partial charge in [-0.25, -0.2) is 0 Å². The number of anilines is 3. The van der Waals surface area contributed by atoms with Gasteiger partial charge in [-0.3, -0.25) is 4.98 Å². The number of nitrogens with zero attached hydrogens (tertiary/aromatic N) is 3. The van der Waals surface area contributed by atoms with E-state index in [2.05, 4.69) is 112 Å². The molecular weight excluding hydrogens is 457 g/mol. The number of para-hydroxylation sites is 2. The van der Waals surface area contributed by atoms with E-state index >= 15 is 0 Å². The zero-order valence-corrected chi connectivity index (χ0v) is 20.0. The predicted molar refractivity (Wildman–Crippen MR) is 153 cm³/mol. The van der Waals surface area contributed by atoms with Crippen LogP contribution in [0, 0.1) is 0 Å². The van der Waals surface area contributed by atoms with Gasteiger partial charge in [0, 0.05) is 60.6 Å². The molecule has 2 aliphatic rings. The Kier molecular flexibility index (Phi) is 3.50. The third-order valence-corrected chi connectivity index (χ3v) is 9.08. The zero-order chi connectivity index (χ0) is 23.4. The number of fused-ring (bicyclic) bond motifs is 9. The SMILES string of the molecule is c1ccc(N2c3cccc4c3B(c3sc5ccccc5c32)c2cccc3c5cnccc5n-4c23)cc1. The van der Waals surface area contributed by atoms with Crippen molar-refractivity contribution in [3.63, 3.8) is 0 Å². The Bertz CT molecular complexity index is 2020. The number of thiophene rings is 1. The summed E-state index contributed by atoms with van der Waals surface area (Å²) in [5, 5.41) is 3.81. The third kappa shape index (κ3) is 2.18. The maximum Gasteiger partial charge on any atom is 0.264 e. The summed E-state index contributed by atoms with van der Waals surface area (Å²) in [5.41, 5.74) is 10.3. The molecule has 0 N–H and O–H groups in total. The molecule has 7 aromatic rings. The minimum Gasteiger partial charge on any atom is -0.310 e. The highest BCUT2D eigenvalue weighted by molar-refractivity contribution is 7.33. The Balaban J connectivity index is 1.51. The second-order valence-electron chi connectivity index (χ2n) is 9.60. The minimum absolute atomic E-state index is 0.192. The van der Waals surface area contributed by atoms with E-state index in [0.717, 1.165) is 0 Å². The van der Waals surface area contributed by atoms with Crippen molar-refractivity contribution < 1.29 is 0 Å². The molecule has 5 heterocycles. The molecule has 0 spiro atoms. The Morgan fingerprint density at radius 3 is 2.44 bits per heavy atom.